The first-order valence-corrected chi connectivity index (χ1v) is 12.3. The minimum atomic E-state index is -6.57. The van der Waals surface area contributed by atoms with E-state index < -0.39 is 76.3 Å². The van der Waals surface area contributed by atoms with Crippen LogP contribution in [-0.4, -0.2) is 54.7 Å². The van der Waals surface area contributed by atoms with E-state index in [9.17, 15) is 48.7 Å². The molecule has 1 atom stereocenters. The van der Waals surface area contributed by atoms with Gasteiger partial charge in [-0.3, -0.25) is 9.35 Å². The van der Waals surface area contributed by atoms with Gasteiger partial charge in [-0.25, -0.2) is 4.79 Å². The Hall–Kier alpha value is -2.46. The van der Waals surface area contributed by atoms with Crippen LogP contribution in [0.5, 0.6) is 5.75 Å². The van der Waals surface area contributed by atoms with E-state index in [1.807, 2.05) is 0 Å². The summed E-state index contributed by atoms with van der Waals surface area (Å²) >= 11 is 0. The van der Waals surface area contributed by atoms with E-state index in [1.165, 1.54) is 18.2 Å². The fraction of sp³-hybridized carbons (Fsp3) is 0.619. The number of benzene rings is 1. The first-order valence-electron chi connectivity index (χ1n) is 10.9. The maximum atomic E-state index is 14.2. The number of esters is 2. The minimum absolute atomic E-state index is 0.150. The van der Waals surface area contributed by atoms with Crippen LogP contribution in [0, 0.1) is 5.92 Å². The number of ether oxygens (including phenoxy) is 3. The zero-order valence-corrected chi connectivity index (χ0v) is 19.8. The Morgan fingerprint density at radius 2 is 1.51 bits per heavy atom. The highest BCUT2D eigenvalue weighted by Gasteiger charge is 2.69. The molecule has 1 aromatic rings. The number of hydrogen-bond acceptors (Lipinski definition) is 7. The molecule has 1 aliphatic rings. The summed E-state index contributed by atoms with van der Waals surface area (Å²) in [5.41, 5.74) is 0. The van der Waals surface area contributed by atoms with Crippen molar-refractivity contribution in [2.75, 3.05) is 6.61 Å². The van der Waals surface area contributed by atoms with Crippen LogP contribution in [0.3, 0.4) is 0 Å². The fourth-order valence-electron chi connectivity index (χ4n) is 3.46. The van der Waals surface area contributed by atoms with E-state index in [0.29, 0.717) is 19.3 Å². The largest absolute Gasteiger partial charge is 0.468 e. The summed E-state index contributed by atoms with van der Waals surface area (Å²) < 4.78 is 140. The summed E-state index contributed by atoms with van der Waals surface area (Å²) in [6.07, 6.45) is -7.29. The van der Waals surface area contributed by atoms with Crippen LogP contribution in [0.2, 0.25) is 0 Å². The van der Waals surface area contributed by atoms with Crippen LogP contribution in [0.25, 0.3) is 0 Å². The Balaban J connectivity index is 2.30. The average molecular weight is 568 g/mol. The first-order chi connectivity index (χ1) is 16.9. The highest BCUT2D eigenvalue weighted by Crippen LogP contribution is 2.42. The predicted octanol–water partition coefficient (Wildman–Crippen LogP) is 4.89. The van der Waals surface area contributed by atoms with Gasteiger partial charge in [0.15, 0.2) is 0 Å². The van der Waals surface area contributed by atoms with Gasteiger partial charge in [-0.2, -0.15) is 39.2 Å². The van der Waals surface area contributed by atoms with Crippen molar-refractivity contribution in [3.63, 3.8) is 0 Å². The van der Waals surface area contributed by atoms with Gasteiger partial charge < -0.3 is 14.2 Å². The van der Waals surface area contributed by atoms with Gasteiger partial charge in [0, 0.05) is 6.42 Å². The van der Waals surface area contributed by atoms with Crippen LogP contribution < -0.4 is 4.74 Å². The molecule has 8 nitrogen and oxygen atoms in total. The second-order valence-corrected chi connectivity index (χ2v) is 9.68. The van der Waals surface area contributed by atoms with Crippen LogP contribution in [0.1, 0.15) is 44.9 Å². The zero-order valence-electron chi connectivity index (χ0n) is 19.0. The third kappa shape index (κ3) is 7.10. The summed E-state index contributed by atoms with van der Waals surface area (Å²) in [6.45, 7) is -1.53. The van der Waals surface area contributed by atoms with Gasteiger partial charge in [0.1, 0.15) is 5.75 Å². The number of carbonyl (C=O) groups excluding carboxylic acids is 2. The summed E-state index contributed by atoms with van der Waals surface area (Å²) in [4.78, 5) is 25.2. The molecule has 0 spiro atoms. The lowest BCUT2D eigenvalue weighted by atomic mass is 9.89. The van der Waals surface area contributed by atoms with Gasteiger partial charge in [-0.05, 0) is 31.4 Å². The van der Waals surface area contributed by atoms with Gasteiger partial charge in [0.25, 0.3) is 0 Å². The summed E-state index contributed by atoms with van der Waals surface area (Å²) in [5.74, 6) is -15.1. The van der Waals surface area contributed by atoms with Crippen LogP contribution in [0.15, 0.2) is 30.3 Å². The van der Waals surface area contributed by atoms with Gasteiger partial charge in [-0.1, -0.05) is 37.5 Å². The molecule has 0 aliphatic heterocycles. The maximum Gasteiger partial charge on any atom is 0.468 e. The molecule has 2 rings (SSSR count). The number of carbonyl (C=O) groups is 2. The average Bonchev–Trinajstić information content (AvgIpc) is 2.80. The van der Waals surface area contributed by atoms with Crippen molar-refractivity contribution in [2.24, 2.45) is 5.92 Å². The van der Waals surface area contributed by atoms with Gasteiger partial charge in [0.2, 0.25) is 0 Å². The Kier molecular flexibility index (Phi) is 9.57. The second-order valence-electron chi connectivity index (χ2n) is 8.22. The summed E-state index contributed by atoms with van der Waals surface area (Å²) in [7, 11) is -6.57. The fourth-order valence-corrected chi connectivity index (χ4v) is 3.94. The number of rotatable bonds is 11. The Morgan fingerprint density at radius 3 is 2.03 bits per heavy atom. The SMILES string of the molecule is O=C(OC(OCCCC(F)(F)C(F)(F)S(=O)(=O)O)(C(=O)Oc1ccccc1)C(F)(F)F)C1CCCCC1. The van der Waals surface area contributed by atoms with E-state index in [1.54, 1.807) is 0 Å². The van der Waals surface area contributed by atoms with Gasteiger partial charge in [-0.15, -0.1) is 0 Å². The topological polar surface area (TPSA) is 116 Å². The predicted molar refractivity (Wildman–Crippen MR) is 110 cm³/mol. The number of hydrogen-bond donors (Lipinski definition) is 1. The molecule has 16 heteroatoms. The summed E-state index contributed by atoms with van der Waals surface area (Å²) in [6, 6.07) is 6.20. The Bertz CT molecular complexity index is 1040. The lowest BCUT2D eigenvalue weighted by Crippen LogP contribution is -2.59. The van der Waals surface area contributed by atoms with Crippen molar-refractivity contribution in [3.8, 4) is 5.75 Å². The zero-order chi connectivity index (χ0) is 28.1. The molecule has 1 unspecified atom stereocenters. The lowest BCUT2D eigenvalue weighted by Gasteiger charge is -2.34. The molecular weight excluding hydrogens is 545 g/mol. The van der Waals surface area contributed by atoms with Gasteiger partial charge >= 0.3 is 45.2 Å². The second kappa shape index (κ2) is 11.5. The third-order valence-corrected chi connectivity index (χ3v) is 6.42. The maximum absolute atomic E-state index is 14.2. The normalized spacial score (nSPS) is 17.6. The molecule has 37 heavy (non-hydrogen) atoms. The molecule has 1 aromatic carbocycles. The number of alkyl halides is 7. The lowest BCUT2D eigenvalue weighted by molar-refractivity contribution is -0.354. The van der Waals surface area contributed by atoms with Crippen molar-refractivity contribution in [1.82, 2.24) is 0 Å². The molecule has 0 radical (unpaired) electrons. The Labute approximate surface area is 206 Å². The van der Waals surface area contributed by atoms with Crippen LogP contribution in [0.4, 0.5) is 30.7 Å². The van der Waals surface area contributed by atoms with E-state index in [-0.39, 0.29) is 12.8 Å². The molecule has 1 saturated carbocycles. The van der Waals surface area contributed by atoms with Gasteiger partial charge in [0.05, 0.1) is 12.5 Å². The molecule has 1 fully saturated rings. The smallest absolute Gasteiger partial charge is 0.421 e. The van der Waals surface area contributed by atoms with E-state index in [4.69, 9.17) is 4.55 Å². The van der Waals surface area contributed by atoms with Crippen molar-refractivity contribution in [2.45, 2.75) is 68.1 Å². The van der Waals surface area contributed by atoms with E-state index >= 15 is 0 Å². The molecule has 0 amide bonds. The molecule has 0 saturated heterocycles. The van der Waals surface area contributed by atoms with Crippen LogP contribution >= 0.6 is 0 Å². The quantitative estimate of drug-likeness (QED) is 0.100. The molecule has 0 bridgehead atoms. The van der Waals surface area contributed by atoms with E-state index in [0.717, 1.165) is 12.1 Å². The van der Waals surface area contributed by atoms with Crippen molar-refractivity contribution < 1.29 is 67.5 Å². The number of para-hydroxylation sites is 1. The molecule has 1 aliphatic carbocycles. The molecule has 0 aromatic heterocycles. The van der Waals surface area contributed by atoms with Crippen molar-refractivity contribution in [3.05, 3.63) is 30.3 Å². The monoisotopic (exact) mass is 568 g/mol. The molecule has 1 N–H and O–H groups in total. The molecular formula is C21H23F7O8S. The first kappa shape index (κ1) is 30.8. The molecule has 210 valence electrons. The van der Waals surface area contributed by atoms with E-state index in [2.05, 4.69) is 14.2 Å². The van der Waals surface area contributed by atoms with Crippen LogP contribution in [-0.2, 0) is 29.2 Å². The third-order valence-electron chi connectivity index (χ3n) is 5.47. The summed E-state index contributed by atoms with van der Waals surface area (Å²) in [5, 5.41) is -5.96. The highest BCUT2D eigenvalue weighted by molar-refractivity contribution is 7.87. The highest BCUT2D eigenvalue weighted by atomic mass is 32.2. The minimum Gasteiger partial charge on any atom is -0.421 e. The number of halogens is 7. The molecule has 0 heterocycles. The standard InChI is InChI=1S/C21H23F7O8S/c22-18(23,21(27,28)37(31,32)33)12-7-13-34-19(20(24,25)26,17(30)35-15-10-5-2-6-11-15)36-16(29)14-8-3-1-4-9-14/h2,5-6,10-11,14H,1,3-4,7-9,12-13H2,(H,31,32,33). The van der Waals surface area contributed by atoms with Crippen molar-refractivity contribution in [1.29, 1.82) is 0 Å². The Morgan fingerprint density at radius 1 is 0.946 bits per heavy atom. The van der Waals surface area contributed by atoms with Crippen molar-refractivity contribution >= 4 is 22.1 Å².